The lowest BCUT2D eigenvalue weighted by Gasteiger charge is -2.07. The van der Waals surface area contributed by atoms with Crippen LogP contribution in [0.2, 0.25) is 0 Å². The first-order chi connectivity index (χ1) is 12.1. The van der Waals surface area contributed by atoms with Crippen LogP contribution in [-0.2, 0) is 17.8 Å². The molecule has 1 amide bonds. The first kappa shape index (κ1) is 16.8. The van der Waals surface area contributed by atoms with Crippen molar-refractivity contribution < 1.29 is 9.21 Å². The molecule has 6 nitrogen and oxygen atoms in total. The average Bonchev–Trinajstić information content (AvgIpc) is 3.09. The Kier molecular flexibility index (Phi) is 5.18. The van der Waals surface area contributed by atoms with Crippen LogP contribution in [0, 0.1) is 0 Å². The highest BCUT2D eigenvalue weighted by Crippen LogP contribution is 2.15. The van der Waals surface area contributed by atoms with E-state index in [-0.39, 0.29) is 18.2 Å². The summed E-state index contributed by atoms with van der Waals surface area (Å²) in [5.41, 5.74) is 2.92. The summed E-state index contributed by atoms with van der Waals surface area (Å²) in [4.78, 5) is 16.2. The number of pyridine rings is 1. The predicted octanol–water partition coefficient (Wildman–Crippen LogP) is 3.11. The number of carbonyl (C=O) groups is 1. The van der Waals surface area contributed by atoms with Gasteiger partial charge in [0, 0.05) is 12.7 Å². The van der Waals surface area contributed by atoms with Crippen LogP contribution < -0.4 is 5.32 Å². The van der Waals surface area contributed by atoms with Crippen molar-refractivity contribution in [3.05, 3.63) is 65.7 Å². The monoisotopic (exact) mass is 336 g/mol. The van der Waals surface area contributed by atoms with Gasteiger partial charge >= 0.3 is 0 Å². The lowest BCUT2D eigenvalue weighted by atomic mass is 10.0. The van der Waals surface area contributed by atoms with Crippen molar-refractivity contribution in [2.24, 2.45) is 0 Å². The summed E-state index contributed by atoms with van der Waals surface area (Å²) in [6.07, 6.45) is 1.69. The molecule has 2 heterocycles. The summed E-state index contributed by atoms with van der Waals surface area (Å²) in [7, 11) is 0. The topological polar surface area (TPSA) is 80.9 Å². The Balaban J connectivity index is 1.53. The number of amides is 1. The maximum atomic E-state index is 12.1. The molecule has 0 bridgehead atoms. The number of hydrogen-bond acceptors (Lipinski definition) is 5. The Morgan fingerprint density at radius 2 is 1.92 bits per heavy atom. The minimum Gasteiger partial charge on any atom is -0.419 e. The minimum absolute atomic E-state index is 0.0455. The van der Waals surface area contributed by atoms with Crippen molar-refractivity contribution in [2.45, 2.75) is 32.7 Å². The molecule has 0 fully saturated rings. The number of benzene rings is 1. The minimum atomic E-state index is -0.163. The van der Waals surface area contributed by atoms with Crippen LogP contribution in [0.5, 0.6) is 0 Å². The fraction of sp³-hybridized carbons (Fsp3) is 0.263. The number of nitrogens with one attached hydrogen (secondary N) is 1. The van der Waals surface area contributed by atoms with E-state index in [1.165, 1.54) is 5.56 Å². The molecule has 6 heteroatoms. The molecule has 2 aromatic heterocycles. The number of hydrogen-bond donors (Lipinski definition) is 1. The Labute approximate surface area is 146 Å². The van der Waals surface area contributed by atoms with Gasteiger partial charge in [0.2, 0.25) is 11.8 Å². The van der Waals surface area contributed by atoms with E-state index in [0.29, 0.717) is 24.0 Å². The fourth-order valence-electron chi connectivity index (χ4n) is 2.34. The molecular formula is C19H20N4O2. The molecule has 0 aliphatic rings. The maximum absolute atomic E-state index is 12.1. The van der Waals surface area contributed by atoms with Crippen molar-refractivity contribution in [2.75, 3.05) is 0 Å². The Hall–Kier alpha value is -3.02. The smallest absolute Gasteiger partial charge is 0.266 e. The normalized spacial score (nSPS) is 10.8. The van der Waals surface area contributed by atoms with E-state index < -0.39 is 0 Å². The second-order valence-electron chi connectivity index (χ2n) is 6.07. The van der Waals surface area contributed by atoms with E-state index in [4.69, 9.17) is 4.42 Å². The highest BCUT2D eigenvalue weighted by molar-refractivity contribution is 5.77. The summed E-state index contributed by atoms with van der Waals surface area (Å²) in [5.74, 6) is 0.916. The molecule has 0 aliphatic heterocycles. The van der Waals surface area contributed by atoms with Gasteiger partial charge < -0.3 is 9.73 Å². The van der Waals surface area contributed by atoms with E-state index in [9.17, 15) is 4.79 Å². The Morgan fingerprint density at radius 1 is 1.12 bits per heavy atom. The van der Waals surface area contributed by atoms with E-state index >= 15 is 0 Å². The van der Waals surface area contributed by atoms with Crippen molar-refractivity contribution in [3.63, 3.8) is 0 Å². The van der Waals surface area contributed by atoms with E-state index in [0.717, 1.165) is 5.56 Å². The first-order valence-corrected chi connectivity index (χ1v) is 8.21. The average molecular weight is 336 g/mol. The maximum Gasteiger partial charge on any atom is 0.266 e. The molecule has 0 spiro atoms. The number of aromatic nitrogens is 3. The first-order valence-electron chi connectivity index (χ1n) is 8.21. The molecule has 0 saturated carbocycles. The molecule has 1 aromatic carbocycles. The molecule has 25 heavy (non-hydrogen) atoms. The second kappa shape index (κ2) is 7.70. The molecule has 0 saturated heterocycles. The van der Waals surface area contributed by atoms with Gasteiger partial charge in [-0.15, -0.1) is 10.2 Å². The third kappa shape index (κ3) is 4.50. The third-order valence-electron chi connectivity index (χ3n) is 3.80. The van der Waals surface area contributed by atoms with E-state index in [1.54, 1.807) is 12.3 Å². The highest BCUT2D eigenvalue weighted by atomic mass is 16.4. The molecule has 0 atom stereocenters. The molecule has 3 aromatic rings. The van der Waals surface area contributed by atoms with Gasteiger partial charge in [0.25, 0.3) is 5.89 Å². The zero-order chi connectivity index (χ0) is 17.6. The lowest BCUT2D eigenvalue weighted by Crippen LogP contribution is -2.24. The van der Waals surface area contributed by atoms with Crippen LogP contribution in [0.15, 0.2) is 53.1 Å². The van der Waals surface area contributed by atoms with Crippen LogP contribution in [0.4, 0.5) is 0 Å². The quantitative estimate of drug-likeness (QED) is 0.748. The summed E-state index contributed by atoms with van der Waals surface area (Å²) >= 11 is 0. The summed E-state index contributed by atoms with van der Waals surface area (Å²) in [6, 6.07) is 13.7. The van der Waals surface area contributed by atoms with Crippen LogP contribution in [0.1, 0.15) is 36.8 Å². The van der Waals surface area contributed by atoms with Crippen molar-refractivity contribution in [3.8, 4) is 11.6 Å². The standard InChI is InChI=1S/C19H20N4O2/c1-13(2)15-8-6-14(7-9-15)12-21-17(24)11-18-22-23-19(25-18)16-5-3-4-10-20-16/h3-10,13H,11-12H2,1-2H3,(H,21,24). The van der Waals surface area contributed by atoms with Crippen LogP contribution >= 0.6 is 0 Å². The van der Waals surface area contributed by atoms with Gasteiger partial charge in [-0.2, -0.15) is 0 Å². The summed E-state index contributed by atoms with van der Waals surface area (Å²) in [6.45, 7) is 4.78. The largest absolute Gasteiger partial charge is 0.419 e. The Bertz CT molecular complexity index is 826. The van der Waals surface area contributed by atoms with Crippen LogP contribution in [-0.4, -0.2) is 21.1 Å². The summed E-state index contributed by atoms with van der Waals surface area (Å²) in [5, 5.41) is 10.7. The third-order valence-corrected chi connectivity index (χ3v) is 3.80. The zero-order valence-corrected chi connectivity index (χ0v) is 14.3. The zero-order valence-electron chi connectivity index (χ0n) is 14.3. The van der Waals surface area contributed by atoms with E-state index in [1.807, 2.05) is 24.3 Å². The number of nitrogens with zero attached hydrogens (tertiary/aromatic N) is 3. The number of rotatable bonds is 6. The van der Waals surface area contributed by atoms with Gasteiger partial charge in [-0.05, 0) is 29.2 Å². The molecule has 128 valence electrons. The van der Waals surface area contributed by atoms with Crippen molar-refractivity contribution in [1.29, 1.82) is 0 Å². The van der Waals surface area contributed by atoms with Gasteiger partial charge in [0.1, 0.15) is 12.1 Å². The molecule has 3 rings (SSSR count). The second-order valence-corrected chi connectivity index (χ2v) is 6.07. The highest BCUT2D eigenvalue weighted by Gasteiger charge is 2.12. The lowest BCUT2D eigenvalue weighted by molar-refractivity contribution is -0.120. The van der Waals surface area contributed by atoms with Crippen LogP contribution in [0.25, 0.3) is 11.6 Å². The van der Waals surface area contributed by atoms with Crippen molar-refractivity contribution in [1.82, 2.24) is 20.5 Å². The Morgan fingerprint density at radius 3 is 2.60 bits per heavy atom. The van der Waals surface area contributed by atoms with Crippen LogP contribution in [0.3, 0.4) is 0 Å². The van der Waals surface area contributed by atoms with Gasteiger partial charge in [0.15, 0.2) is 0 Å². The fourth-order valence-corrected chi connectivity index (χ4v) is 2.34. The molecule has 1 N–H and O–H groups in total. The number of carbonyl (C=O) groups excluding carboxylic acids is 1. The predicted molar refractivity (Wildman–Crippen MR) is 93.6 cm³/mol. The van der Waals surface area contributed by atoms with Crippen molar-refractivity contribution >= 4 is 5.91 Å². The molecular weight excluding hydrogens is 316 g/mol. The molecule has 0 radical (unpaired) electrons. The van der Waals surface area contributed by atoms with Gasteiger partial charge in [-0.25, -0.2) is 0 Å². The molecule has 0 unspecified atom stereocenters. The van der Waals surface area contributed by atoms with Gasteiger partial charge in [-0.3, -0.25) is 9.78 Å². The van der Waals surface area contributed by atoms with E-state index in [2.05, 4.69) is 46.5 Å². The molecule has 0 aliphatic carbocycles. The van der Waals surface area contributed by atoms with Gasteiger partial charge in [0.05, 0.1) is 0 Å². The van der Waals surface area contributed by atoms with Gasteiger partial charge in [-0.1, -0.05) is 44.2 Å². The summed E-state index contributed by atoms with van der Waals surface area (Å²) < 4.78 is 5.49. The SMILES string of the molecule is CC(C)c1ccc(CNC(=O)Cc2nnc(-c3ccccn3)o2)cc1.